The number of furan rings is 1. The summed E-state index contributed by atoms with van der Waals surface area (Å²) >= 11 is 0. The van der Waals surface area contributed by atoms with Gasteiger partial charge in [-0.1, -0.05) is 13.8 Å². The van der Waals surface area contributed by atoms with Crippen LogP contribution in [0.1, 0.15) is 61.4 Å². The second kappa shape index (κ2) is 7.58. The second-order valence-corrected chi connectivity index (χ2v) is 10.4. The molecule has 0 atom stereocenters. The Morgan fingerprint density at radius 2 is 1.97 bits per heavy atom. The van der Waals surface area contributed by atoms with Crippen molar-refractivity contribution in [3.8, 4) is 12.3 Å². The van der Waals surface area contributed by atoms with E-state index >= 15 is 0 Å². The van der Waals surface area contributed by atoms with Gasteiger partial charge in [0.1, 0.15) is 22.0 Å². The Hall–Kier alpha value is -2.18. The van der Waals surface area contributed by atoms with Crippen LogP contribution in [-0.4, -0.2) is 43.9 Å². The summed E-state index contributed by atoms with van der Waals surface area (Å²) in [4.78, 5) is 12.8. The topological polar surface area (TPSA) is 104 Å². The first-order chi connectivity index (χ1) is 13.5. The third-order valence-corrected chi connectivity index (χ3v) is 7.53. The van der Waals surface area contributed by atoms with Crippen LogP contribution in [-0.2, 0) is 10.0 Å². The van der Waals surface area contributed by atoms with Gasteiger partial charge >= 0.3 is 0 Å². The van der Waals surface area contributed by atoms with Crippen molar-refractivity contribution >= 4 is 15.9 Å². The van der Waals surface area contributed by atoms with Crippen LogP contribution < -0.4 is 5.32 Å². The van der Waals surface area contributed by atoms with Crippen molar-refractivity contribution in [1.29, 1.82) is 0 Å². The summed E-state index contributed by atoms with van der Waals surface area (Å²) in [6.07, 6.45) is 7.80. The van der Waals surface area contributed by atoms with Crippen LogP contribution in [0.4, 0.5) is 0 Å². The molecular formula is C20H28N4O4S. The van der Waals surface area contributed by atoms with Crippen LogP contribution in [0.3, 0.4) is 0 Å². The van der Waals surface area contributed by atoms with Gasteiger partial charge in [-0.25, -0.2) is 8.42 Å². The molecule has 1 amide bonds. The lowest BCUT2D eigenvalue weighted by Gasteiger charge is -2.20. The molecule has 3 heterocycles. The minimum Gasteiger partial charge on any atom is -0.464 e. The number of carbonyl (C=O) groups is 1. The third-order valence-electron chi connectivity index (χ3n) is 5.54. The monoisotopic (exact) mass is 420 g/mol. The van der Waals surface area contributed by atoms with E-state index in [0.717, 1.165) is 6.42 Å². The Balaban J connectivity index is 1.75. The number of nitrogens with one attached hydrogen (secondary N) is 1. The molecule has 1 N–H and O–H groups in total. The minimum absolute atomic E-state index is 0.0342. The fraction of sp³-hybridized carbons (Fsp3) is 0.650. The van der Waals surface area contributed by atoms with Gasteiger partial charge in [-0.15, -0.1) is 12.3 Å². The Morgan fingerprint density at radius 1 is 1.28 bits per heavy atom. The van der Waals surface area contributed by atoms with E-state index in [-0.39, 0.29) is 21.6 Å². The summed E-state index contributed by atoms with van der Waals surface area (Å²) in [5.41, 5.74) is -0.516. The molecular weight excluding hydrogens is 392 g/mol. The number of terminal acetylenes is 1. The largest absolute Gasteiger partial charge is 0.464 e. The number of aryl methyl sites for hydroxylation is 2. The first-order valence-corrected chi connectivity index (χ1v) is 11.2. The van der Waals surface area contributed by atoms with Gasteiger partial charge in [0, 0.05) is 38.9 Å². The normalized spacial score (nSPS) is 19.8. The van der Waals surface area contributed by atoms with Gasteiger partial charge in [0.15, 0.2) is 5.66 Å². The first kappa shape index (κ1) is 21.5. The van der Waals surface area contributed by atoms with E-state index in [1.807, 2.05) is 13.8 Å². The Kier molecular flexibility index (Phi) is 5.62. The molecule has 0 saturated carbocycles. The molecule has 2 aliphatic rings. The Morgan fingerprint density at radius 3 is 2.52 bits per heavy atom. The van der Waals surface area contributed by atoms with Gasteiger partial charge in [0.25, 0.3) is 5.91 Å². The van der Waals surface area contributed by atoms with Gasteiger partial charge in [-0.2, -0.15) is 14.5 Å². The van der Waals surface area contributed by atoms with Crippen molar-refractivity contribution in [2.75, 3.05) is 19.6 Å². The molecule has 29 heavy (non-hydrogen) atoms. The molecule has 2 aliphatic heterocycles. The van der Waals surface area contributed by atoms with E-state index in [9.17, 15) is 13.2 Å². The molecule has 0 radical (unpaired) electrons. The lowest BCUT2D eigenvalue weighted by molar-refractivity contribution is 0.0947. The molecule has 0 unspecified atom stereocenters. The highest BCUT2D eigenvalue weighted by Crippen LogP contribution is 2.37. The first-order valence-electron chi connectivity index (χ1n) is 9.77. The molecule has 1 fully saturated rings. The number of carbonyl (C=O) groups excluding carboxylic acids is 1. The Bertz CT molecular complexity index is 979. The number of rotatable bonds is 8. The quantitative estimate of drug-likeness (QED) is 0.653. The molecule has 0 aliphatic carbocycles. The van der Waals surface area contributed by atoms with E-state index in [0.29, 0.717) is 44.7 Å². The highest BCUT2D eigenvalue weighted by atomic mass is 32.2. The van der Waals surface area contributed by atoms with Crippen molar-refractivity contribution in [2.24, 2.45) is 15.6 Å². The summed E-state index contributed by atoms with van der Waals surface area (Å²) in [6, 6.07) is 0. The van der Waals surface area contributed by atoms with E-state index in [4.69, 9.17) is 10.8 Å². The average Bonchev–Trinajstić information content (AvgIpc) is 3.19. The maximum atomic E-state index is 13.3. The molecule has 1 aromatic rings. The van der Waals surface area contributed by atoms with Crippen LogP contribution in [0.25, 0.3) is 0 Å². The molecule has 1 saturated heterocycles. The summed E-state index contributed by atoms with van der Waals surface area (Å²) < 4.78 is 33.6. The lowest BCUT2D eigenvalue weighted by atomic mass is 9.93. The van der Waals surface area contributed by atoms with Crippen molar-refractivity contribution in [3.05, 3.63) is 17.1 Å². The predicted octanol–water partition coefficient (Wildman–Crippen LogP) is 3.01. The highest BCUT2D eigenvalue weighted by molar-refractivity contribution is 7.89. The summed E-state index contributed by atoms with van der Waals surface area (Å²) in [5.74, 6) is 2.62. The maximum Gasteiger partial charge on any atom is 0.256 e. The van der Waals surface area contributed by atoms with Gasteiger partial charge in [-0.3, -0.25) is 4.79 Å². The number of hydrogen-bond acceptors (Lipinski definition) is 6. The number of sulfonamides is 1. The van der Waals surface area contributed by atoms with Gasteiger partial charge in [0.05, 0.1) is 0 Å². The number of amides is 1. The minimum atomic E-state index is -3.83. The zero-order chi connectivity index (χ0) is 21.4. The molecule has 0 aromatic carbocycles. The number of hydrogen-bond donors (Lipinski definition) is 1. The zero-order valence-electron chi connectivity index (χ0n) is 17.4. The van der Waals surface area contributed by atoms with Crippen molar-refractivity contribution in [3.63, 3.8) is 0 Å². The van der Waals surface area contributed by atoms with E-state index in [1.54, 1.807) is 13.8 Å². The molecule has 8 nitrogen and oxygen atoms in total. The van der Waals surface area contributed by atoms with Crippen LogP contribution in [0.5, 0.6) is 0 Å². The van der Waals surface area contributed by atoms with Crippen LogP contribution in [0.15, 0.2) is 19.5 Å². The Labute approximate surface area is 172 Å². The second-order valence-electron chi connectivity index (χ2n) is 8.56. The van der Waals surface area contributed by atoms with E-state index in [1.165, 1.54) is 4.31 Å². The molecule has 1 aromatic heterocycles. The summed E-state index contributed by atoms with van der Waals surface area (Å²) in [5, 5.41) is 10.9. The highest BCUT2D eigenvalue weighted by Gasteiger charge is 2.42. The molecule has 3 rings (SSSR count). The fourth-order valence-corrected chi connectivity index (χ4v) is 5.77. The molecule has 158 valence electrons. The fourth-order valence-electron chi connectivity index (χ4n) is 3.77. The van der Waals surface area contributed by atoms with Gasteiger partial charge < -0.3 is 9.73 Å². The van der Waals surface area contributed by atoms with E-state index < -0.39 is 21.6 Å². The number of nitrogens with zero attached hydrogens (tertiary/aromatic N) is 3. The summed E-state index contributed by atoms with van der Waals surface area (Å²) in [6.45, 7) is 8.42. The molecule has 0 spiro atoms. The van der Waals surface area contributed by atoms with Crippen molar-refractivity contribution in [2.45, 2.75) is 63.9 Å². The zero-order valence-corrected chi connectivity index (χ0v) is 18.2. The average molecular weight is 421 g/mol. The summed E-state index contributed by atoms with van der Waals surface area (Å²) in [7, 11) is -3.83. The smallest absolute Gasteiger partial charge is 0.256 e. The lowest BCUT2D eigenvalue weighted by Crippen LogP contribution is -2.34. The molecule has 9 heteroatoms. The third kappa shape index (κ3) is 4.38. The predicted molar refractivity (Wildman–Crippen MR) is 108 cm³/mol. The van der Waals surface area contributed by atoms with Crippen LogP contribution in [0, 0.1) is 31.6 Å². The maximum absolute atomic E-state index is 13.3. The van der Waals surface area contributed by atoms with Crippen LogP contribution >= 0.6 is 0 Å². The van der Waals surface area contributed by atoms with E-state index in [2.05, 4.69) is 21.5 Å². The molecule has 0 bridgehead atoms. The van der Waals surface area contributed by atoms with Crippen molar-refractivity contribution in [1.82, 2.24) is 9.62 Å². The standard InChI is InChI=1S/C20H28N4O4S/c1-6-7-8-20(22-23-20)9-11-21-18(25)16-14(2)28-15(3)17(16)29(26,27)24-12-10-19(4,5)13-24/h1H,7-13H2,2-5H3,(H,21,25). The van der Waals surface area contributed by atoms with Crippen molar-refractivity contribution < 1.29 is 17.6 Å². The van der Waals surface area contributed by atoms with Crippen LogP contribution in [0.2, 0.25) is 0 Å². The van der Waals surface area contributed by atoms with Gasteiger partial charge in [-0.05, 0) is 25.7 Å². The van der Waals surface area contributed by atoms with Gasteiger partial charge in [0.2, 0.25) is 10.0 Å². The SMILES string of the molecule is C#CCCC1(CCNC(=O)c2c(C)oc(C)c2S(=O)(=O)N2CCC(C)(C)C2)N=N1.